The zero-order valence-corrected chi connectivity index (χ0v) is 17.2. The molecule has 0 saturated carbocycles. The summed E-state index contributed by atoms with van der Waals surface area (Å²) >= 11 is 6.12. The molecule has 1 heterocycles. The number of carbonyl (C=O) groups is 1. The third kappa shape index (κ3) is 6.62. The predicted molar refractivity (Wildman–Crippen MR) is 110 cm³/mol. The fourth-order valence-corrected chi connectivity index (χ4v) is 2.87. The molecule has 2 unspecified atom stereocenters. The highest BCUT2D eigenvalue weighted by molar-refractivity contribution is 6.21. The van der Waals surface area contributed by atoms with E-state index in [1.807, 2.05) is 31.5 Å². The second-order valence-electron chi connectivity index (χ2n) is 6.88. The molecule has 0 bridgehead atoms. The van der Waals surface area contributed by atoms with E-state index >= 15 is 0 Å². The van der Waals surface area contributed by atoms with Crippen molar-refractivity contribution >= 4 is 17.6 Å². The lowest BCUT2D eigenvalue weighted by Crippen LogP contribution is -2.25. The largest absolute Gasteiger partial charge is 0.426 e. The number of nitrogens with zero attached hydrogens (tertiary/aromatic N) is 2. The van der Waals surface area contributed by atoms with Crippen LogP contribution in [0.2, 0.25) is 0 Å². The van der Waals surface area contributed by atoms with E-state index in [0.29, 0.717) is 11.6 Å². The number of hydrogen-bond donors (Lipinski definition) is 0. The van der Waals surface area contributed by atoms with Gasteiger partial charge in [-0.1, -0.05) is 40.0 Å². The summed E-state index contributed by atoms with van der Waals surface area (Å²) in [5, 5.41) is -0.217. The Balaban J connectivity index is 1.93. The molecule has 1 aromatic carbocycles. The normalized spacial score (nSPS) is 13.2. The van der Waals surface area contributed by atoms with E-state index < -0.39 is 0 Å². The molecular weight excluding hydrogens is 360 g/mol. The third-order valence-electron chi connectivity index (χ3n) is 4.66. The summed E-state index contributed by atoms with van der Waals surface area (Å²) in [6.07, 6.45) is 10.5. The van der Waals surface area contributed by atoms with Crippen LogP contribution in [0.5, 0.6) is 5.75 Å². The van der Waals surface area contributed by atoms with Crippen molar-refractivity contribution in [2.24, 2.45) is 5.92 Å². The summed E-state index contributed by atoms with van der Waals surface area (Å²) in [5.41, 5.74) is 2.06. The lowest BCUT2D eigenvalue weighted by atomic mass is 10.1. The first-order valence-corrected chi connectivity index (χ1v) is 10.3. The highest BCUT2D eigenvalue weighted by Crippen LogP contribution is 2.22. The summed E-state index contributed by atoms with van der Waals surface area (Å²) in [5.74, 6) is 0.520. The number of ether oxygens (including phenoxy) is 1. The van der Waals surface area contributed by atoms with Crippen LogP contribution in [0.15, 0.2) is 36.7 Å². The van der Waals surface area contributed by atoms with Crippen LogP contribution in [0.1, 0.15) is 58.4 Å². The van der Waals surface area contributed by atoms with Crippen molar-refractivity contribution in [1.29, 1.82) is 0 Å². The van der Waals surface area contributed by atoms with Gasteiger partial charge in [-0.3, -0.25) is 4.79 Å². The van der Waals surface area contributed by atoms with E-state index in [0.717, 1.165) is 18.4 Å². The molecule has 0 radical (unpaired) electrons. The Morgan fingerprint density at radius 2 is 1.74 bits per heavy atom. The topological polar surface area (TPSA) is 52.1 Å². The Kier molecular flexibility index (Phi) is 8.73. The van der Waals surface area contributed by atoms with Gasteiger partial charge in [-0.05, 0) is 49.1 Å². The second kappa shape index (κ2) is 11.0. The third-order valence-corrected chi connectivity index (χ3v) is 5.35. The van der Waals surface area contributed by atoms with Gasteiger partial charge in [0.15, 0.2) is 5.82 Å². The van der Waals surface area contributed by atoms with Crippen molar-refractivity contribution in [3.8, 4) is 17.1 Å². The fraction of sp³-hybridized carbons (Fsp3) is 0.500. The molecule has 27 heavy (non-hydrogen) atoms. The molecule has 2 atom stereocenters. The SMILES string of the molecule is CCCCCCc1cnc(-c2ccc(OC(=O)C(C)C(Cl)CC)cc2)nc1. The molecule has 5 heteroatoms. The zero-order valence-electron chi connectivity index (χ0n) is 16.5. The van der Waals surface area contributed by atoms with Gasteiger partial charge in [-0.15, -0.1) is 11.6 Å². The van der Waals surface area contributed by atoms with E-state index in [-0.39, 0.29) is 17.3 Å². The van der Waals surface area contributed by atoms with Crippen LogP contribution in [-0.4, -0.2) is 21.3 Å². The van der Waals surface area contributed by atoms with E-state index in [4.69, 9.17) is 16.3 Å². The number of carbonyl (C=O) groups excluding carboxylic acids is 1. The maximum atomic E-state index is 12.1. The van der Waals surface area contributed by atoms with Crippen molar-refractivity contribution in [1.82, 2.24) is 9.97 Å². The maximum Gasteiger partial charge on any atom is 0.315 e. The lowest BCUT2D eigenvalue weighted by Gasteiger charge is -2.15. The first kappa shape index (κ1) is 21.4. The average molecular weight is 389 g/mol. The molecule has 0 aliphatic heterocycles. The number of esters is 1. The van der Waals surface area contributed by atoms with Crippen LogP contribution >= 0.6 is 11.6 Å². The van der Waals surface area contributed by atoms with Crippen LogP contribution in [0.3, 0.4) is 0 Å². The number of unbranched alkanes of at least 4 members (excludes halogenated alkanes) is 3. The molecule has 0 spiro atoms. The summed E-state index contributed by atoms with van der Waals surface area (Å²) in [6.45, 7) is 5.95. The van der Waals surface area contributed by atoms with Gasteiger partial charge in [-0.25, -0.2) is 9.97 Å². The monoisotopic (exact) mass is 388 g/mol. The van der Waals surface area contributed by atoms with Crippen LogP contribution < -0.4 is 4.74 Å². The van der Waals surface area contributed by atoms with E-state index in [1.165, 1.54) is 31.2 Å². The van der Waals surface area contributed by atoms with Gasteiger partial charge >= 0.3 is 5.97 Å². The first-order chi connectivity index (χ1) is 13.0. The molecule has 0 fully saturated rings. The smallest absolute Gasteiger partial charge is 0.315 e. The number of rotatable bonds is 10. The van der Waals surface area contributed by atoms with E-state index in [2.05, 4.69) is 16.9 Å². The van der Waals surface area contributed by atoms with Gasteiger partial charge < -0.3 is 4.74 Å². The number of aromatic nitrogens is 2. The molecule has 2 rings (SSSR count). The molecule has 0 N–H and O–H groups in total. The Hall–Kier alpha value is -1.94. The van der Waals surface area contributed by atoms with Gasteiger partial charge in [0, 0.05) is 23.3 Å². The van der Waals surface area contributed by atoms with Crippen molar-refractivity contribution in [3.63, 3.8) is 0 Å². The van der Waals surface area contributed by atoms with Crippen LogP contribution in [0.25, 0.3) is 11.4 Å². The summed E-state index contributed by atoms with van der Waals surface area (Å²) in [6, 6.07) is 7.25. The molecular formula is C22H29ClN2O2. The van der Waals surface area contributed by atoms with Crippen molar-refractivity contribution in [2.75, 3.05) is 0 Å². The number of halogens is 1. The summed E-state index contributed by atoms with van der Waals surface area (Å²) in [7, 11) is 0. The van der Waals surface area contributed by atoms with Crippen molar-refractivity contribution in [2.45, 2.75) is 64.7 Å². The number of hydrogen-bond acceptors (Lipinski definition) is 4. The Morgan fingerprint density at radius 3 is 2.33 bits per heavy atom. The van der Waals surface area contributed by atoms with Gasteiger partial charge in [0.25, 0.3) is 0 Å². The van der Waals surface area contributed by atoms with Gasteiger partial charge in [-0.2, -0.15) is 0 Å². The molecule has 0 amide bonds. The molecule has 0 saturated heterocycles. The molecule has 0 aliphatic carbocycles. The highest BCUT2D eigenvalue weighted by atomic mass is 35.5. The molecule has 2 aromatic rings. The lowest BCUT2D eigenvalue weighted by molar-refractivity contribution is -0.138. The highest BCUT2D eigenvalue weighted by Gasteiger charge is 2.22. The summed E-state index contributed by atoms with van der Waals surface area (Å²) < 4.78 is 5.41. The van der Waals surface area contributed by atoms with Gasteiger partial charge in [0.2, 0.25) is 0 Å². The molecule has 146 valence electrons. The van der Waals surface area contributed by atoms with Crippen molar-refractivity contribution < 1.29 is 9.53 Å². The number of benzene rings is 1. The first-order valence-electron chi connectivity index (χ1n) is 9.82. The fourth-order valence-electron chi connectivity index (χ4n) is 2.77. The van der Waals surface area contributed by atoms with Crippen LogP contribution in [-0.2, 0) is 11.2 Å². The molecule has 4 nitrogen and oxygen atoms in total. The minimum absolute atomic E-state index is 0.217. The number of aryl methyl sites for hydroxylation is 1. The van der Waals surface area contributed by atoms with Gasteiger partial charge in [0.05, 0.1) is 5.92 Å². The Morgan fingerprint density at radius 1 is 1.07 bits per heavy atom. The zero-order chi connectivity index (χ0) is 19.6. The van der Waals surface area contributed by atoms with Gasteiger partial charge in [0.1, 0.15) is 5.75 Å². The molecule has 0 aliphatic rings. The Labute approximate surface area is 167 Å². The predicted octanol–water partition coefficient (Wildman–Crippen LogP) is 5.83. The standard InChI is InChI=1S/C22H29ClN2O2/c1-4-6-7-8-9-17-14-24-21(25-15-17)18-10-12-19(13-11-18)27-22(26)16(3)20(23)5-2/h10-16,20H,4-9H2,1-3H3. The number of alkyl halides is 1. The average Bonchev–Trinajstić information content (AvgIpc) is 2.71. The quantitative estimate of drug-likeness (QED) is 0.222. The minimum atomic E-state index is -0.343. The second-order valence-corrected chi connectivity index (χ2v) is 7.44. The molecule has 1 aromatic heterocycles. The maximum absolute atomic E-state index is 12.1. The van der Waals surface area contributed by atoms with E-state index in [1.54, 1.807) is 19.1 Å². The van der Waals surface area contributed by atoms with Crippen LogP contribution in [0, 0.1) is 5.92 Å². The Bertz CT molecular complexity index is 701. The minimum Gasteiger partial charge on any atom is -0.426 e. The van der Waals surface area contributed by atoms with Crippen molar-refractivity contribution in [3.05, 3.63) is 42.2 Å². The van der Waals surface area contributed by atoms with E-state index in [9.17, 15) is 4.79 Å². The summed E-state index contributed by atoms with van der Waals surface area (Å²) in [4.78, 5) is 21.0. The van der Waals surface area contributed by atoms with Crippen LogP contribution in [0.4, 0.5) is 0 Å².